The Bertz CT molecular complexity index is 988. The number of aliphatic carboxylic acids is 1. The predicted octanol–water partition coefficient (Wildman–Crippen LogP) is -3.30. The van der Waals surface area contributed by atoms with Crippen LogP contribution in [0, 0.1) is 0 Å². The van der Waals surface area contributed by atoms with Gasteiger partial charge < -0.3 is 35.4 Å². The minimum absolute atomic E-state index is 0. The first kappa shape index (κ1) is 27.2. The number of nitrogens with two attached hydrogens (primary N) is 1. The van der Waals surface area contributed by atoms with E-state index in [0.717, 1.165) is 37.0 Å². The van der Waals surface area contributed by atoms with Crippen LogP contribution in [0.15, 0.2) is 10.5 Å². The van der Waals surface area contributed by atoms with Gasteiger partial charge in [0.2, 0.25) is 5.91 Å². The fourth-order valence-corrected chi connectivity index (χ4v) is 6.68. The molecular formula is C20H26N5NaO6S2. The molecular weight excluding hydrogens is 493 g/mol. The number of fused-ring (bicyclic) bond motifs is 1. The second-order valence-corrected chi connectivity index (χ2v) is 11.4. The van der Waals surface area contributed by atoms with Crippen molar-refractivity contribution in [3.8, 4) is 0 Å². The number of thioether (sulfide) groups is 1. The Balaban J connectivity index is 0.00000324. The number of oxime groups is 1. The average Bonchev–Trinajstić information content (AvgIpc) is 3.30. The number of thiazole rings is 1. The summed E-state index contributed by atoms with van der Waals surface area (Å²) in [4.78, 5) is 48.6. The maximum atomic E-state index is 13.2. The minimum Gasteiger partial charge on any atom is -0.548 e. The van der Waals surface area contributed by atoms with Gasteiger partial charge in [0, 0.05) is 17.2 Å². The second kappa shape index (κ2) is 10.7. The molecule has 180 valence electrons. The molecule has 1 aromatic heterocycles. The summed E-state index contributed by atoms with van der Waals surface area (Å²) in [5.74, 6) is -2.45. The Kier molecular flexibility index (Phi) is 8.57. The van der Waals surface area contributed by atoms with E-state index in [0.29, 0.717) is 0 Å². The third-order valence-electron chi connectivity index (χ3n) is 6.15. The summed E-state index contributed by atoms with van der Waals surface area (Å²) in [5.41, 5.74) is 5.87. The van der Waals surface area contributed by atoms with Gasteiger partial charge in [-0.3, -0.25) is 9.59 Å². The molecule has 3 fully saturated rings. The smallest absolute Gasteiger partial charge is 0.548 e. The van der Waals surface area contributed by atoms with Crippen LogP contribution in [0.4, 0.5) is 5.13 Å². The van der Waals surface area contributed by atoms with Gasteiger partial charge in [0.15, 0.2) is 16.9 Å². The van der Waals surface area contributed by atoms with Crippen LogP contribution < -0.4 is 45.7 Å². The predicted molar refractivity (Wildman–Crippen MR) is 120 cm³/mol. The second-order valence-electron chi connectivity index (χ2n) is 8.74. The van der Waals surface area contributed by atoms with Gasteiger partial charge in [-0.25, -0.2) is 4.98 Å². The first-order chi connectivity index (χ1) is 15.6. The number of rotatable bonds is 7. The number of methoxy groups -OCH3 is 1. The Morgan fingerprint density at radius 2 is 2.00 bits per heavy atom. The summed E-state index contributed by atoms with van der Waals surface area (Å²) in [6.07, 6.45) is 3.13. The van der Waals surface area contributed by atoms with E-state index >= 15 is 0 Å². The van der Waals surface area contributed by atoms with Gasteiger partial charge in [0.25, 0.3) is 5.91 Å². The molecule has 34 heavy (non-hydrogen) atoms. The van der Waals surface area contributed by atoms with Gasteiger partial charge in [-0.1, -0.05) is 11.6 Å². The van der Waals surface area contributed by atoms with E-state index in [1.54, 1.807) is 26.3 Å². The Morgan fingerprint density at radius 1 is 1.32 bits per heavy atom. The van der Waals surface area contributed by atoms with Crippen LogP contribution in [0.3, 0.4) is 0 Å². The Labute approximate surface area is 227 Å². The van der Waals surface area contributed by atoms with Crippen LogP contribution in [0.2, 0.25) is 0 Å². The van der Waals surface area contributed by atoms with E-state index in [4.69, 9.17) is 15.3 Å². The molecule has 3 aliphatic rings. The van der Waals surface area contributed by atoms with Crippen molar-refractivity contribution in [1.29, 1.82) is 0 Å². The zero-order valence-corrected chi connectivity index (χ0v) is 23.1. The van der Waals surface area contributed by atoms with E-state index < -0.39 is 40.0 Å². The normalized spacial score (nSPS) is 30.1. The van der Waals surface area contributed by atoms with Crippen LogP contribution >= 0.6 is 23.1 Å². The summed E-state index contributed by atoms with van der Waals surface area (Å²) < 4.78 is 4.72. The molecule has 0 aromatic carbocycles. The maximum absolute atomic E-state index is 13.2. The number of nitrogens with zero attached hydrogens (tertiary/aromatic N) is 3. The molecule has 0 bridgehead atoms. The summed E-state index contributed by atoms with van der Waals surface area (Å²) in [6.45, 7) is 3.47. The van der Waals surface area contributed by atoms with E-state index in [9.17, 15) is 19.5 Å². The summed E-state index contributed by atoms with van der Waals surface area (Å²) in [5, 5.41) is 19.7. The SMILES string of the molecule is CO[C@@H]1CCCC[C@H]1O/N=C(\C(=O)N[C@H]1C(=O)N2[C@@H]1SC(C)(C)[C@@H]2C(=O)[O-])c1csc(N)n1.[Na+]. The number of nitrogens with one attached hydrogen (secondary N) is 1. The number of β-lactam (4-membered cyclic amide) rings is 1. The number of anilines is 1. The molecule has 2 amide bonds. The molecule has 1 aromatic rings. The number of carbonyl (C=O) groups is 3. The summed E-state index contributed by atoms with van der Waals surface area (Å²) in [7, 11) is 1.61. The van der Waals surface area contributed by atoms with Crippen molar-refractivity contribution >= 4 is 51.7 Å². The quantitative estimate of drug-likeness (QED) is 0.163. The number of hydrogen-bond donors (Lipinski definition) is 2. The van der Waals surface area contributed by atoms with E-state index in [1.807, 2.05) is 0 Å². The molecule has 5 atom stereocenters. The molecule has 3 heterocycles. The zero-order chi connectivity index (χ0) is 23.9. The molecule has 0 radical (unpaired) electrons. The van der Waals surface area contributed by atoms with E-state index in [1.165, 1.54) is 16.7 Å². The van der Waals surface area contributed by atoms with Crippen molar-refractivity contribution < 1.29 is 58.6 Å². The van der Waals surface area contributed by atoms with Gasteiger partial charge in [-0.15, -0.1) is 23.1 Å². The molecule has 0 spiro atoms. The number of carboxylic acids is 1. The first-order valence-corrected chi connectivity index (χ1v) is 12.4. The number of amides is 2. The van der Waals surface area contributed by atoms with Gasteiger partial charge in [0.05, 0.1) is 18.1 Å². The molecule has 2 saturated heterocycles. The van der Waals surface area contributed by atoms with E-state index in [-0.39, 0.29) is 58.3 Å². The van der Waals surface area contributed by atoms with Crippen LogP contribution in [-0.4, -0.2) is 74.9 Å². The summed E-state index contributed by atoms with van der Waals surface area (Å²) >= 11 is 2.46. The number of nitrogen functional groups attached to an aromatic ring is 1. The number of ether oxygens (including phenoxy) is 1. The number of hydrogen-bond acceptors (Lipinski definition) is 11. The van der Waals surface area contributed by atoms with Crippen LogP contribution in [0.25, 0.3) is 0 Å². The van der Waals surface area contributed by atoms with Crippen LogP contribution in [0.5, 0.6) is 0 Å². The Hall–Kier alpha value is -1.38. The maximum Gasteiger partial charge on any atom is 1.00 e. The number of carbonyl (C=O) groups excluding carboxylic acids is 3. The van der Waals surface area contributed by atoms with Crippen LogP contribution in [0.1, 0.15) is 45.2 Å². The monoisotopic (exact) mass is 519 g/mol. The van der Waals surface area contributed by atoms with Gasteiger partial charge >= 0.3 is 29.6 Å². The molecule has 4 rings (SSSR count). The van der Waals surface area contributed by atoms with Crippen molar-refractivity contribution in [2.45, 2.75) is 73.9 Å². The summed E-state index contributed by atoms with van der Waals surface area (Å²) in [6, 6.07) is -1.96. The van der Waals surface area contributed by atoms with Gasteiger partial charge in [-0.2, -0.15) is 0 Å². The minimum atomic E-state index is -1.32. The van der Waals surface area contributed by atoms with Crippen molar-refractivity contribution in [2.75, 3.05) is 12.8 Å². The third kappa shape index (κ3) is 5.09. The van der Waals surface area contributed by atoms with Crippen LogP contribution in [-0.2, 0) is 24.0 Å². The largest absolute Gasteiger partial charge is 1.00 e. The van der Waals surface area contributed by atoms with Crippen molar-refractivity contribution in [3.63, 3.8) is 0 Å². The third-order valence-corrected chi connectivity index (χ3v) is 8.40. The fourth-order valence-electron chi connectivity index (χ4n) is 4.51. The molecule has 3 N–H and O–H groups in total. The van der Waals surface area contributed by atoms with Crippen molar-refractivity contribution in [2.24, 2.45) is 5.16 Å². The molecule has 11 nitrogen and oxygen atoms in total. The Morgan fingerprint density at radius 3 is 2.59 bits per heavy atom. The van der Waals surface area contributed by atoms with Gasteiger partial charge in [-0.05, 0) is 33.1 Å². The molecule has 1 saturated carbocycles. The molecule has 1 aliphatic carbocycles. The molecule has 0 unspecified atom stereocenters. The number of carboxylic acid groups (broad SMARTS) is 1. The molecule has 14 heteroatoms. The topological polar surface area (TPSA) is 159 Å². The first-order valence-electron chi connectivity index (χ1n) is 10.6. The van der Waals surface area contributed by atoms with Crippen molar-refractivity contribution in [3.05, 3.63) is 11.1 Å². The number of aromatic nitrogens is 1. The van der Waals surface area contributed by atoms with Gasteiger partial charge in [0.1, 0.15) is 17.1 Å². The zero-order valence-electron chi connectivity index (χ0n) is 19.5. The van der Waals surface area contributed by atoms with Crippen molar-refractivity contribution in [1.82, 2.24) is 15.2 Å². The average molecular weight is 520 g/mol. The van der Waals surface area contributed by atoms with E-state index in [2.05, 4.69) is 15.5 Å². The molecule has 2 aliphatic heterocycles. The standard InChI is InChI=1S/C20H27N5O6S2.Na/c1-20(2)14(18(28)29)25-16(27)13(17(25)33-20)23-15(26)12(9-8-32-19(21)22-9)24-31-11-7-5-4-6-10(11)30-3;/h8,10-11,13-14,17H,4-7H2,1-3H3,(H2,21,22)(H,23,26)(H,28,29);/q;+1/p-1/b24-12-;/t10-,11-,13+,14+,17-;/m1./s1. The fraction of sp³-hybridized carbons (Fsp3) is 0.650.